The molecule has 2 aromatic carbocycles. The van der Waals surface area contributed by atoms with Gasteiger partial charge in [-0.05, 0) is 49.9 Å². The third-order valence-corrected chi connectivity index (χ3v) is 8.29. The van der Waals surface area contributed by atoms with Crippen LogP contribution < -0.4 is 9.64 Å². The van der Waals surface area contributed by atoms with Crippen LogP contribution in [0.3, 0.4) is 0 Å². The Morgan fingerprint density at radius 2 is 1.68 bits per heavy atom. The Bertz CT molecular complexity index is 1160. The SMILES string of the molecule is COc1ccc(C(=O)N2c3nc(-c4ccccc4)nn3C3(CCCCC3)[C@@H]3CCCC[C@@H]32)cc1. The number of methoxy groups -OCH3 is 1. The number of amides is 1. The fourth-order valence-electron chi connectivity index (χ4n) is 6.68. The Morgan fingerprint density at radius 3 is 2.41 bits per heavy atom. The quantitative estimate of drug-likeness (QED) is 0.497. The molecule has 6 rings (SSSR count). The lowest BCUT2D eigenvalue weighted by atomic mass is 9.64. The van der Waals surface area contributed by atoms with Crippen LogP contribution in [0.2, 0.25) is 0 Å². The van der Waals surface area contributed by atoms with Crippen LogP contribution in [0.5, 0.6) is 5.75 Å². The third kappa shape index (κ3) is 3.34. The molecule has 1 amide bonds. The van der Waals surface area contributed by atoms with Gasteiger partial charge in [-0.15, -0.1) is 5.10 Å². The summed E-state index contributed by atoms with van der Waals surface area (Å²) in [6.07, 6.45) is 10.5. The molecular formula is C28H32N4O2. The smallest absolute Gasteiger partial charge is 0.260 e. The molecule has 2 saturated carbocycles. The summed E-state index contributed by atoms with van der Waals surface area (Å²) in [5.74, 6) is 2.62. The van der Waals surface area contributed by atoms with Gasteiger partial charge in [-0.2, -0.15) is 4.98 Å². The second-order valence-corrected chi connectivity index (χ2v) is 10.0. The highest BCUT2D eigenvalue weighted by Crippen LogP contribution is 2.53. The molecule has 2 fully saturated rings. The molecule has 2 atom stereocenters. The second-order valence-electron chi connectivity index (χ2n) is 10.0. The van der Waals surface area contributed by atoms with Gasteiger partial charge >= 0.3 is 0 Å². The van der Waals surface area contributed by atoms with Gasteiger partial charge in [0.1, 0.15) is 5.75 Å². The summed E-state index contributed by atoms with van der Waals surface area (Å²) >= 11 is 0. The maximum Gasteiger partial charge on any atom is 0.260 e. The molecule has 3 aromatic rings. The number of hydrogen-bond donors (Lipinski definition) is 0. The maximum absolute atomic E-state index is 14.0. The van der Waals surface area contributed by atoms with Crippen molar-refractivity contribution < 1.29 is 9.53 Å². The predicted molar refractivity (Wildman–Crippen MR) is 132 cm³/mol. The van der Waals surface area contributed by atoms with Crippen LogP contribution in [0, 0.1) is 5.92 Å². The summed E-state index contributed by atoms with van der Waals surface area (Å²) < 4.78 is 7.50. The van der Waals surface area contributed by atoms with Gasteiger partial charge < -0.3 is 4.74 Å². The summed E-state index contributed by atoms with van der Waals surface area (Å²) in [6.45, 7) is 0. The van der Waals surface area contributed by atoms with Crippen molar-refractivity contribution in [2.45, 2.75) is 69.4 Å². The summed E-state index contributed by atoms with van der Waals surface area (Å²) in [6, 6.07) is 17.8. The van der Waals surface area contributed by atoms with Gasteiger partial charge in [0.15, 0.2) is 5.82 Å². The topological polar surface area (TPSA) is 60.2 Å². The van der Waals surface area contributed by atoms with E-state index in [1.165, 1.54) is 25.7 Å². The summed E-state index contributed by atoms with van der Waals surface area (Å²) in [4.78, 5) is 21.1. The van der Waals surface area contributed by atoms with Crippen LogP contribution in [0.4, 0.5) is 5.95 Å². The Labute approximate surface area is 200 Å². The zero-order valence-corrected chi connectivity index (χ0v) is 19.8. The van der Waals surface area contributed by atoms with Gasteiger partial charge in [0.2, 0.25) is 5.95 Å². The van der Waals surface area contributed by atoms with E-state index >= 15 is 0 Å². The van der Waals surface area contributed by atoms with Crippen LogP contribution in [0.1, 0.15) is 68.1 Å². The molecule has 0 saturated heterocycles. The average Bonchev–Trinajstić information content (AvgIpc) is 3.36. The van der Waals surface area contributed by atoms with Gasteiger partial charge in [0.25, 0.3) is 5.91 Å². The summed E-state index contributed by atoms with van der Waals surface area (Å²) in [7, 11) is 1.64. The number of fused-ring (bicyclic) bond motifs is 4. The van der Waals surface area contributed by atoms with E-state index in [4.69, 9.17) is 14.8 Å². The Hall–Kier alpha value is -3.15. The molecule has 34 heavy (non-hydrogen) atoms. The van der Waals surface area contributed by atoms with Gasteiger partial charge in [-0.25, -0.2) is 4.68 Å². The van der Waals surface area contributed by atoms with Crippen molar-refractivity contribution in [3.8, 4) is 17.1 Å². The van der Waals surface area contributed by atoms with Crippen LogP contribution >= 0.6 is 0 Å². The minimum Gasteiger partial charge on any atom is -0.497 e. The van der Waals surface area contributed by atoms with Gasteiger partial charge in [-0.3, -0.25) is 9.69 Å². The zero-order valence-electron chi connectivity index (χ0n) is 19.8. The first kappa shape index (κ1) is 21.4. The van der Waals surface area contributed by atoms with Crippen molar-refractivity contribution in [2.24, 2.45) is 5.92 Å². The van der Waals surface area contributed by atoms with Crippen molar-refractivity contribution in [3.05, 3.63) is 60.2 Å². The lowest BCUT2D eigenvalue weighted by Crippen LogP contribution is -2.61. The zero-order chi connectivity index (χ0) is 23.1. The number of benzene rings is 2. The van der Waals surface area contributed by atoms with Crippen molar-refractivity contribution in [1.82, 2.24) is 14.8 Å². The van der Waals surface area contributed by atoms with Crippen LogP contribution in [0.15, 0.2) is 54.6 Å². The lowest BCUT2D eigenvalue weighted by molar-refractivity contribution is 0.0314. The fourth-order valence-corrected chi connectivity index (χ4v) is 6.68. The number of ether oxygens (including phenoxy) is 1. The van der Waals surface area contributed by atoms with Crippen molar-refractivity contribution in [3.63, 3.8) is 0 Å². The van der Waals surface area contributed by atoms with E-state index in [-0.39, 0.29) is 17.5 Å². The highest BCUT2D eigenvalue weighted by Gasteiger charge is 2.55. The number of carbonyl (C=O) groups excluding carboxylic acids is 1. The highest BCUT2D eigenvalue weighted by molar-refractivity contribution is 6.06. The predicted octanol–water partition coefficient (Wildman–Crippen LogP) is 5.83. The van der Waals surface area contributed by atoms with Crippen LogP contribution in [-0.4, -0.2) is 33.8 Å². The highest BCUT2D eigenvalue weighted by atomic mass is 16.5. The number of carbonyl (C=O) groups is 1. The van der Waals surface area contributed by atoms with E-state index in [9.17, 15) is 4.79 Å². The maximum atomic E-state index is 14.0. The van der Waals surface area contributed by atoms with E-state index in [0.29, 0.717) is 17.3 Å². The monoisotopic (exact) mass is 456 g/mol. The molecule has 176 valence electrons. The molecule has 3 aliphatic rings. The number of aromatic nitrogens is 3. The largest absolute Gasteiger partial charge is 0.497 e. The molecule has 0 radical (unpaired) electrons. The number of anilines is 1. The lowest BCUT2D eigenvalue weighted by Gasteiger charge is -2.55. The molecule has 0 unspecified atom stereocenters. The second kappa shape index (κ2) is 8.57. The molecule has 1 spiro atoms. The van der Waals surface area contributed by atoms with Gasteiger partial charge in [-0.1, -0.05) is 62.4 Å². The Kier molecular flexibility index (Phi) is 5.39. The number of rotatable bonds is 3. The molecule has 0 N–H and O–H groups in total. The van der Waals surface area contributed by atoms with Crippen LogP contribution in [0.25, 0.3) is 11.4 Å². The van der Waals surface area contributed by atoms with Crippen LogP contribution in [-0.2, 0) is 5.54 Å². The van der Waals surface area contributed by atoms with Crippen molar-refractivity contribution in [1.29, 1.82) is 0 Å². The molecule has 1 aromatic heterocycles. The summed E-state index contributed by atoms with van der Waals surface area (Å²) in [5, 5.41) is 5.13. The Balaban J connectivity index is 1.51. The van der Waals surface area contributed by atoms with Gasteiger partial charge in [0, 0.05) is 23.1 Å². The molecule has 6 heteroatoms. The van der Waals surface area contributed by atoms with E-state index in [0.717, 1.165) is 49.4 Å². The van der Waals surface area contributed by atoms with E-state index in [1.807, 2.05) is 47.4 Å². The van der Waals surface area contributed by atoms with Crippen molar-refractivity contribution >= 4 is 11.9 Å². The molecular weight excluding hydrogens is 424 g/mol. The van der Waals surface area contributed by atoms with E-state index in [1.54, 1.807) is 7.11 Å². The normalized spacial score (nSPS) is 23.3. The minimum atomic E-state index is -0.0324. The third-order valence-electron chi connectivity index (χ3n) is 8.29. The standard InChI is InChI=1S/C28H32N4O2/c1-34-22-16-14-21(15-17-22)26(33)31-24-13-7-6-12-23(24)28(18-8-3-9-19-28)32-27(31)29-25(30-32)20-10-4-2-5-11-20/h2,4-5,10-11,14-17,23-24H,3,6-9,12-13,18-19H2,1H3/t23-,24+/m1/s1. The molecule has 6 nitrogen and oxygen atoms in total. The first-order valence-corrected chi connectivity index (χ1v) is 12.7. The molecule has 1 aliphatic heterocycles. The minimum absolute atomic E-state index is 0.0125. The molecule has 2 aliphatic carbocycles. The molecule has 2 heterocycles. The number of hydrogen-bond acceptors (Lipinski definition) is 4. The Morgan fingerprint density at radius 1 is 0.941 bits per heavy atom. The van der Waals surface area contributed by atoms with Gasteiger partial charge in [0.05, 0.1) is 12.6 Å². The van der Waals surface area contributed by atoms with E-state index in [2.05, 4.69) is 16.8 Å². The van der Waals surface area contributed by atoms with Crippen molar-refractivity contribution in [2.75, 3.05) is 12.0 Å². The molecule has 0 bridgehead atoms. The first-order chi connectivity index (χ1) is 16.7. The summed E-state index contributed by atoms with van der Waals surface area (Å²) in [5.41, 5.74) is 1.63. The fraction of sp³-hybridized carbons (Fsp3) is 0.464. The first-order valence-electron chi connectivity index (χ1n) is 12.7. The number of nitrogens with zero attached hydrogens (tertiary/aromatic N) is 4. The van der Waals surface area contributed by atoms with E-state index < -0.39 is 0 Å². The average molecular weight is 457 g/mol.